The number of thiazole rings is 1. The molecule has 3 heterocycles. The predicted octanol–water partition coefficient (Wildman–Crippen LogP) is 2.41. The van der Waals surface area contributed by atoms with Crippen molar-refractivity contribution in [3.63, 3.8) is 0 Å². The summed E-state index contributed by atoms with van der Waals surface area (Å²) < 4.78 is 6.72. The number of furan rings is 1. The molecular formula is C11H7ClN4O2S. The molecule has 0 saturated carbocycles. The fourth-order valence-corrected chi connectivity index (χ4v) is 2.50. The third kappa shape index (κ3) is 2.25. The molecule has 8 heteroatoms. The maximum absolute atomic E-state index is 11.6. The molecule has 0 bridgehead atoms. The van der Waals surface area contributed by atoms with E-state index in [4.69, 9.17) is 16.0 Å². The highest BCUT2D eigenvalue weighted by molar-refractivity contribution is 7.15. The maximum Gasteiger partial charge on any atom is 0.307 e. The van der Waals surface area contributed by atoms with Gasteiger partial charge in [0.1, 0.15) is 5.69 Å². The average Bonchev–Trinajstić information content (AvgIpc) is 3.08. The molecule has 0 aliphatic heterocycles. The Bertz CT molecular complexity index is 744. The first-order valence-corrected chi connectivity index (χ1v) is 6.49. The topological polar surface area (TPSA) is 71.9 Å². The number of amides is 1. The first-order valence-electron chi connectivity index (χ1n) is 5.23. The van der Waals surface area contributed by atoms with E-state index >= 15 is 0 Å². The summed E-state index contributed by atoms with van der Waals surface area (Å²) in [7, 11) is 0. The number of imidazole rings is 1. The maximum atomic E-state index is 11.6. The number of hydrogen-bond acceptors (Lipinski definition) is 5. The molecule has 0 radical (unpaired) electrons. The van der Waals surface area contributed by atoms with Crippen LogP contribution in [0.15, 0.2) is 39.5 Å². The Morgan fingerprint density at radius 2 is 2.53 bits per heavy atom. The number of carbonyl (C=O) groups is 1. The number of halogens is 1. The van der Waals surface area contributed by atoms with Crippen molar-refractivity contribution in [3.05, 3.63) is 46.6 Å². The molecule has 3 aromatic heterocycles. The number of fused-ring (bicyclic) bond motifs is 1. The summed E-state index contributed by atoms with van der Waals surface area (Å²) in [5.41, 5.74) is 2.96. The monoisotopic (exact) mass is 294 g/mol. The third-order valence-electron chi connectivity index (χ3n) is 2.35. The van der Waals surface area contributed by atoms with Gasteiger partial charge in [0, 0.05) is 11.6 Å². The zero-order chi connectivity index (χ0) is 13.2. The first kappa shape index (κ1) is 11.9. The number of nitrogens with one attached hydrogen (secondary N) is 1. The molecule has 0 fully saturated rings. The van der Waals surface area contributed by atoms with E-state index in [1.165, 1.54) is 23.8 Å². The molecule has 1 N–H and O–H groups in total. The smallest absolute Gasteiger partial charge is 0.307 e. The van der Waals surface area contributed by atoms with Gasteiger partial charge in [-0.15, -0.1) is 11.3 Å². The van der Waals surface area contributed by atoms with E-state index in [0.29, 0.717) is 10.8 Å². The standard InChI is InChI=1S/C11H7ClN4O2S/c12-9-7(16-3-5-19-11(16)14-9)6-13-15-10(17)8-2-1-4-18-8/h1-6H,(H,15,17)/b13-6-. The number of aromatic nitrogens is 2. The largest absolute Gasteiger partial charge is 0.459 e. The Hall–Kier alpha value is -2.12. The first-order chi connectivity index (χ1) is 9.25. The van der Waals surface area contributed by atoms with Crippen LogP contribution in [0.25, 0.3) is 4.96 Å². The van der Waals surface area contributed by atoms with Crippen molar-refractivity contribution >= 4 is 40.0 Å². The van der Waals surface area contributed by atoms with Crippen LogP contribution in [-0.4, -0.2) is 21.5 Å². The quantitative estimate of drug-likeness (QED) is 0.595. The van der Waals surface area contributed by atoms with Crippen LogP contribution in [0.4, 0.5) is 0 Å². The molecule has 0 spiro atoms. The minimum absolute atomic E-state index is 0.192. The molecular weight excluding hydrogens is 288 g/mol. The van der Waals surface area contributed by atoms with Crippen molar-refractivity contribution in [2.45, 2.75) is 0 Å². The van der Waals surface area contributed by atoms with Gasteiger partial charge in [-0.3, -0.25) is 9.20 Å². The van der Waals surface area contributed by atoms with Crippen LogP contribution in [0.2, 0.25) is 5.15 Å². The number of hydrazone groups is 1. The van der Waals surface area contributed by atoms with Gasteiger partial charge in [-0.2, -0.15) is 5.10 Å². The second-order valence-corrected chi connectivity index (χ2v) is 4.75. The lowest BCUT2D eigenvalue weighted by molar-refractivity contribution is 0.0927. The van der Waals surface area contributed by atoms with E-state index in [1.54, 1.807) is 16.5 Å². The lowest BCUT2D eigenvalue weighted by atomic mass is 10.4. The zero-order valence-corrected chi connectivity index (χ0v) is 11.0. The van der Waals surface area contributed by atoms with E-state index in [9.17, 15) is 4.79 Å². The molecule has 3 rings (SSSR count). The van der Waals surface area contributed by atoms with E-state index in [0.717, 1.165) is 4.96 Å². The van der Waals surface area contributed by atoms with Crippen molar-refractivity contribution in [2.75, 3.05) is 0 Å². The normalized spacial score (nSPS) is 11.4. The molecule has 3 aromatic rings. The minimum Gasteiger partial charge on any atom is -0.459 e. The van der Waals surface area contributed by atoms with Crippen molar-refractivity contribution < 1.29 is 9.21 Å². The van der Waals surface area contributed by atoms with E-state index in [-0.39, 0.29) is 5.76 Å². The molecule has 96 valence electrons. The molecule has 0 aliphatic carbocycles. The Balaban J connectivity index is 1.78. The summed E-state index contributed by atoms with van der Waals surface area (Å²) in [6, 6.07) is 3.18. The van der Waals surface area contributed by atoms with Gasteiger partial charge in [-0.05, 0) is 12.1 Å². The van der Waals surface area contributed by atoms with Crippen LogP contribution in [0.1, 0.15) is 16.2 Å². The molecule has 0 atom stereocenters. The van der Waals surface area contributed by atoms with Crippen molar-refractivity contribution in [1.29, 1.82) is 0 Å². The molecule has 0 unspecified atom stereocenters. The highest BCUT2D eigenvalue weighted by Gasteiger charge is 2.10. The van der Waals surface area contributed by atoms with Crippen LogP contribution >= 0.6 is 22.9 Å². The Kier molecular flexibility index (Phi) is 3.06. The zero-order valence-electron chi connectivity index (χ0n) is 9.41. The third-order valence-corrected chi connectivity index (χ3v) is 3.39. The minimum atomic E-state index is -0.427. The predicted molar refractivity (Wildman–Crippen MR) is 71.8 cm³/mol. The molecule has 0 aromatic carbocycles. The van der Waals surface area contributed by atoms with Gasteiger partial charge in [-0.25, -0.2) is 10.4 Å². The highest BCUT2D eigenvalue weighted by Crippen LogP contribution is 2.19. The van der Waals surface area contributed by atoms with E-state index in [1.807, 2.05) is 11.6 Å². The van der Waals surface area contributed by atoms with Gasteiger partial charge in [0.15, 0.2) is 15.9 Å². The van der Waals surface area contributed by atoms with Crippen LogP contribution in [0, 0.1) is 0 Å². The second-order valence-electron chi connectivity index (χ2n) is 3.52. The number of nitrogens with zero attached hydrogens (tertiary/aromatic N) is 3. The highest BCUT2D eigenvalue weighted by atomic mass is 35.5. The number of carbonyl (C=O) groups excluding carboxylic acids is 1. The fourth-order valence-electron chi connectivity index (χ4n) is 1.51. The Labute approximate surface area is 116 Å². The van der Waals surface area contributed by atoms with Gasteiger partial charge in [0.05, 0.1) is 12.5 Å². The van der Waals surface area contributed by atoms with Crippen LogP contribution in [-0.2, 0) is 0 Å². The van der Waals surface area contributed by atoms with Crippen molar-refractivity contribution in [3.8, 4) is 0 Å². The molecule has 0 saturated heterocycles. The van der Waals surface area contributed by atoms with Gasteiger partial charge in [0.25, 0.3) is 0 Å². The van der Waals surface area contributed by atoms with E-state index in [2.05, 4.69) is 15.5 Å². The SMILES string of the molecule is O=C(N/N=C\c1c(Cl)nc2sccn12)c1ccco1. The van der Waals surface area contributed by atoms with Crippen molar-refractivity contribution in [2.24, 2.45) is 5.10 Å². The Morgan fingerprint density at radius 3 is 3.32 bits per heavy atom. The van der Waals surface area contributed by atoms with Gasteiger partial charge >= 0.3 is 5.91 Å². The molecule has 6 nitrogen and oxygen atoms in total. The second kappa shape index (κ2) is 4.87. The summed E-state index contributed by atoms with van der Waals surface area (Å²) in [5, 5.41) is 6.06. The van der Waals surface area contributed by atoms with Crippen molar-refractivity contribution in [1.82, 2.24) is 14.8 Å². The molecule has 1 amide bonds. The summed E-state index contributed by atoms with van der Waals surface area (Å²) in [6.07, 6.45) is 4.69. The summed E-state index contributed by atoms with van der Waals surface area (Å²) >= 11 is 7.44. The fraction of sp³-hybridized carbons (Fsp3) is 0. The summed E-state index contributed by atoms with van der Waals surface area (Å²) in [5.74, 6) is -0.235. The van der Waals surface area contributed by atoms with Gasteiger partial charge < -0.3 is 4.42 Å². The molecule has 19 heavy (non-hydrogen) atoms. The number of hydrogen-bond donors (Lipinski definition) is 1. The summed E-state index contributed by atoms with van der Waals surface area (Å²) in [6.45, 7) is 0. The van der Waals surface area contributed by atoms with Crippen LogP contribution in [0.3, 0.4) is 0 Å². The average molecular weight is 295 g/mol. The van der Waals surface area contributed by atoms with Gasteiger partial charge in [0.2, 0.25) is 0 Å². The lowest BCUT2D eigenvalue weighted by Gasteiger charge is -1.95. The van der Waals surface area contributed by atoms with E-state index < -0.39 is 5.91 Å². The summed E-state index contributed by atoms with van der Waals surface area (Å²) in [4.78, 5) is 16.5. The molecule has 0 aliphatic rings. The Morgan fingerprint density at radius 1 is 1.63 bits per heavy atom. The van der Waals surface area contributed by atoms with Crippen LogP contribution in [0.5, 0.6) is 0 Å². The lowest BCUT2D eigenvalue weighted by Crippen LogP contribution is -2.16. The van der Waals surface area contributed by atoms with Gasteiger partial charge in [-0.1, -0.05) is 11.6 Å². The number of rotatable bonds is 3. The van der Waals surface area contributed by atoms with Crippen LogP contribution < -0.4 is 5.43 Å².